The van der Waals surface area contributed by atoms with Crippen LogP contribution in [0.25, 0.3) is 0 Å². The number of hydrogen-bond acceptors (Lipinski definition) is 2. The maximum absolute atomic E-state index is 12.8. The number of rotatable bonds is 5. The van der Waals surface area contributed by atoms with Gasteiger partial charge < -0.3 is 10.5 Å². The van der Waals surface area contributed by atoms with Crippen LogP contribution in [0, 0.1) is 23.7 Å². The van der Waals surface area contributed by atoms with Crippen LogP contribution in [-0.2, 0) is 4.74 Å². The van der Waals surface area contributed by atoms with Gasteiger partial charge in [-0.25, -0.2) is 0 Å². The molecule has 2 N–H and O–H groups in total. The van der Waals surface area contributed by atoms with Crippen LogP contribution in [0.2, 0.25) is 0 Å². The lowest BCUT2D eigenvalue weighted by Crippen LogP contribution is -2.41. The molecular formula is C14H24F3NOS. The number of nitrogens with two attached hydrogens (primary N) is 1. The molecule has 118 valence electrons. The van der Waals surface area contributed by atoms with Gasteiger partial charge >= 0.3 is 6.18 Å². The molecule has 1 rings (SSSR count). The summed E-state index contributed by atoms with van der Waals surface area (Å²) in [5.41, 5.74) is 5.19. The Morgan fingerprint density at radius 2 is 1.95 bits per heavy atom. The molecule has 2 nitrogen and oxygen atoms in total. The van der Waals surface area contributed by atoms with Crippen molar-refractivity contribution in [2.24, 2.45) is 29.4 Å². The number of ether oxygens (including phenoxy) is 1. The molecule has 0 amide bonds. The van der Waals surface area contributed by atoms with Gasteiger partial charge in [-0.05, 0) is 30.6 Å². The van der Waals surface area contributed by atoms with Gasteiger partial charge in [-0.3, -0.25) is 0 Å². The van der Waals surface area contributed by atoms with E-state index in [9.17, 15) is 13.2 Å². The van der Waals surface area contributed by atoms with Crippen LogP contribution in [0.5, 0.6) is 0 Å². The molecule has 1 fully saturated rings. The van der Waals surface area contributed by atoms with E-state index in [4.69, 9.17) is 10.5 Å². The minimum absolute atomic E-state index is 0.127. The van der Waals surface area contributed by atoms with E-state index in [1.165, 1.54) is 0 Å². The molecule has 0 radical (unpaired) electrons. The minimum Gasteiger partial charge on any atom is -0.393 e. The molecule has 1 aliphatic rings. The Morgan fingerprint density at radius 3 is 2.40 bits per heavy atom. The normalized spacial score (nSPS) is 29.4. The quantitative estimate of drug-likeness (QED) is 0.781. The Hall–Kier alpha value is -0.360. The molecule has 1 saturated carbocycles. The first-order valence-corrected chi connectivity index (χ1v) is 7.51. The SMILES string of the molecule is CC1CCC(C(C)C)C(OCC(C(N)=S)C(F)(F)F)C1. The molecule has 1 aliphatic carbocycles. The first-order chi connectivity index (χ1) is 9.12. The van der Waals surface area contributed by atoms with Gasteiger partial charge in [0.05, 0.1) is 17.7 Å². The first-order valence-electron chi connectivity index (χ1n) is 7.10. The molecule has 4 unspecified atom stereocenters. The van der Waals surface area contributed by atoms with Gasteiger partial charge in [-0.15, -0.1) is 0 Å². The highest BCUT2D eigenvalue weighted by Gasteiger charge is 2.43. The number of thiocarbonyl (C=S) groups is 1. The van der Waals surface area contributed by atoms with Gasteiger partial charge in [0, 0.05) is 0 Å². The van der Waals surface area contributed by atoms with Crippen molar-refractivity contribution in [1.29, 1.82) is 0 Å². The van der Waals surface area contributed by atoms with E-state index >= 15 is 0 Å². The number of alkyl halides is 3. The van der Waals surface area contributed by atoms with Crippen LogP contribution in [0.1, 0.15) is 40.0 Å². The maximum Gasteiger partial charge on any atom is 0.400 e. The van der Waals surface area contributed by atoms with Gasteiger partial charge in [0.25, 0.3) is 0 Å². The summed E-state index contributed by atoms with van der Waals surface area (Å²) in [6.07, 6.45) is -1.63. The topological polar surface area (TPSA) is 35.2 Å². The highest BCUT2D eigenvalue weighted by molar-refractivity contribution is 7.80. The van der Waals surface area contributed by atoms with Crippen molar-refractivity contribution < 1.29 is 17.9 Å². The summed E-state index contributed by atoms with van der Waals surface area (Å²) in [5, 5.41) is 0. The molecule has 0 bridgehead atoms. The molecule has 0 aromatic rings. The summed E-state index contributed by atoms with van der Waals surface area (Å²) in [6.45, 7) is 5.83. The Balaban J connectivity index is 2.66. The monoisotopic (exact) mass is 311 g/mol. The molecule has 6 heteroatoms. The summed E-state index contributed by atoms with van der Waals surface area (Å²) < 4.78 is 44.0. The van der Waals surface area contributed by atoms with Crippen LogP contribution < -0.4 is 5.73 Å². The van der Waals surface area contributed by atoms with Gasteiger partial charge in [0.1, 0.15) is 5.92 Å². The number of halogens is 3. The Labute approximate surface area is 124 Å². The average Bonchev–Trinajstić information content (AvgIpc) is 2.26. The largest absolute Gasteiger partial charge is 0.400 e. The standard InChI is InChI=1S/C14H24F3NOS/c1-8(2)10-5-4-9(3)6-12(10)19-7-11(13(18)20)14(15,16)17/h8-12H,4-7H2,1-3H3,(H2,18,20). The summed E-state index contributed by atoms with van der Waals surface area (Å²) in [4.78, 5) is -0.539. The smallest absolute Gasteiger partial charge is 0.393 e. The van der Waals surface area contributed by atoms with E-state index in [1.54, 1.807) is 0 Å². The van der Waals surface area contributed by atoms with E-state index in [2.05, 4.69) is 33.0 Å². The third-order valence-corrected chi connectivity index (χ3v) is 4.46. The summed E-state index contributed by atoms with van der Waals surface area (Å²) in [7, 11) is 0. The van der Waals surface area contributed by atoms with E-state index < -0.39 is 23.7 Å². The van der Waals surface area contributed by atoms with Crippen LogP contribution in [0.3, 0.4) is 0 Å². The van der Waals surface area contributed by atoms with Crippen molar-refractivity contribution in [1.82, 2.24) is 0 Å². The third kappa shape index (κ3) is 4.88. The second-order valence-corrected chi connectivity index (χ2v) is 6.67. The van der Waals surface area contributed by atoms with Crippen LogP contribution in [0.15, 0.2) is 0 Å². The predicted octanol–water partition coefficient (Wildman–Crippen LogP) is 3.93. The molecule has 20 heavy (non-hydrogen) atoms. The lowest BCUT2D eigenvalue weighted by atomic mass is 9.75. The van der Waals surface area contributed by atoms with Crippen LogP contribution in [0.4, 0.5) is 13.2 Å². The molecule has 0 aliphatic heterocycles. The zero-order valence-corrected chi connectivity index (χ0v) is 13.1. The minimum atomic E-state index is -4.43. The fraction of sp³-hybridized carbons (Fsp3) is 0.929. The summed E-state index contributed by atoms with van der Waals surface area (Å²) >= 11 is 4.51. The van der Waals surface area contributed by atoms with E-state index in [0.29, 0.717) is 17.8 Å². The van der Waals surface area contributed by atoms with E-state index in [0.717, 1.165) is 19.3 Å². The Morgan fingerprint density at radius 1 is 1.35 bits per heavy atom. The lowest BCUT2D eigenvalue weighted by molar-refractivity contribution is -0.176. The van der Waals surface area contributed by atoms with Gasteiger partial charge in [-0.2, -0.15) is 13.2 Å². The second-order valence-electron chi connectivity index (χ2n) is 6.19. The zero-order chi connectivity index (χ0) is 15.5. The van der Waals surface area contributed by atoms with Gasteiger partial charge in [0.2, 0.25) is 0 Å². The highest BCUT2D eigenvalue weighted by Crippen LogP contribution is 2.36. The third-order valence-electron chi connectivity index (χ3n) is 4.18. The molecular weight excluding hydrogens is 287 g/mol. The van der Waals surface area contributed by atoms with E-state index in [-0.39, 0.29) is 6.10 Å². The summed E-state index contributed by atoms with van der Waals surface area (Å²) in [5.74, 6) is -0.639. The molecule has 0 saturated heterocycles. The van der Waals surface area contributed by atoms with Gasteiger partial charge in [0.15, 0.2) is 0 Å². The first kappa shape index (κ1) is 17.7. The van der Waals surface area contributed by atoms with Crippen LogP contribution in [-0.4, -0.2) is 23.9 Å². The molecule has 0 heterocycles. The summed E-state index contributed by atoms with van der Waals surface area (Å²) in [6, 6.07) is 0. The molecule has 4 atom stereocenters. The molecule has 0 aromatic heterocycles. The lowest BCUT2D eigenvalue weighted by Gasteiger charge is -2.37. The Bertz CT molecular complexity index is 333. The van der Waals surface area contributed by atoms with E-state index in [1.807, 2.05) is 0 Å². The van der Waals surface area contributed by atoms with Crippen molar-refractivity contribution >= 4 is 17.2 Å². The van der Waals surface area contributed by atoms with Crippen molar-refractivity contribution in [3.8, 4) is 0 Å². The van der Waals surface area contributed by atoms with Crippen molar-refractivity contribution in [2.45, 2.75) is 52.3 Å². The van der Waals surface area contributed by atoms with Crippen LogP contribution >= 0.6 is 12.2 Å². The number of hydrogen-bond donors (Lipinski definition) is 1. The highest BCUT2D eigenvalue weighted by atomic mass is 32.1. The Kier molecular flexibility index (Phi) is 6.25. The van der Waals surface area contributed by atoms with Crippen molar-refractivity contribution in [3.63, 3.8) is 0 Å². The molecule has 0 aromatic carbocycles. The van der Waals surface area contributed by atoms with Gasteiger partial charge in [-0.1, -0.05) is 39.4 Å². The van der Waals surface area contributed by atoms with Crippen molar-refractivity contribution in [2.75, 3.05) is 6.61 Å². The van der Waals surface area contributed by atoms with Crippen molar-refractivity contribution in [3.05, 3.63) is 0 Å². The fourth-order valence-corrected chi connectivity index (χ4v) is 3.07. The fourth-order valence-electron chi connectivity index (χ4n) is 2.86. The predicted molar refractivity (Wildman–Crippen MR) is 77.4 cm³/mol. The second kappa shape index (κ2) is 7.07. The maximum atomic E-state index is 12.8. The zero-order valence-electron chi connectivity index (χ0n) is 12.2. The molecule has 0 spiro atoms. The average molecular weight is 311 g/mol.